The number of hydrogen-bond donors (Lipinski definition) is 1. The first-order valence-electron chi connectivity index (χ1n) is 10.8. The van der Waals surface area contributed by atoms with E-state index in [0.29, 0.717) is 26.9 Å². The van der Waals surface area contributed by atoms with E-state index in [9.17, 15) is 23.2 Å². The molecule has 0 fully saturated rings. The van der Waals surface area contributed by atoms with Gasteiger partial charge in [-0.15, -0.1) is 0 Å². The fourth-order valence-electron chi connectivity index (χ4n) is 4.10. The average molecular weight is 499 g/mol. The summed E-state index contributed by atoms with van der Waals surface area (Å²) >= 11 is 6.25. The van der Waals surface area contributed by atoms with E-state index in [4.69, 9.17) is 17.3 Å². The highest BCUT2D eigenvalue weighted by atomic mass is 35.5. The Morgan fingerprint density at radius 2 is 1.80 bits per heavy atom. The highest BCUT2D eigenvalue weighted by Crippen LogP contribution is 2.33. The maximum atomic E-state index is 13.6. The van der Waals surface area contributed by atoms with Crippen LogP contribution in [-0.2, 0) is 13.1 Å². The third-order valence-electron chi connectivity index (χ3n) is 5.60. The summed E-state index contributed by atoms with van der Waals surface area (Å²) in [5.74, 6) is -1.23. The van der Waals surface area contributed by atoms with Gasteiger partial charge in [0.15, 0.2) is 5.78 Å². The van der Waals surface area contributed by atoms with Gasteiger partial charge in [0.25, 0.3) is 17.9 Å². The Bertz CT molecular complexity index is 1500. The number of aromatic nitrogens is 3. The number of carbonyl (C=O) groups excluding carboxylic acids is 2. The van der Waals surface area contributed by atoms with E-state index in [1.165, 1.54) is 10.6 Å². The van der Waals surface area contributed by atoms with Gasteiger partial charge in [-0.1, -0.05) is 48.9 Å². The van der Waals surface area contributed by atoms with Gasteiger partial charge in [0.05, 0.1) is 17.9 Å². The molecular weight excluding hydrogens is 478 g/mol. The lowest BCUT2D eigenvalue weighted by Gasteiger charge is -2.19. The van der Waals surface area contributed by atoms with Gasteiger partial charge in [-0.3, -0.25) is 23.6 Å². The zero-order chi connectivity index (χ0) is 25.3. The van der Waals surface area contributed by atoms with E-state index in [1.54, 1.807) is 25.1 Å². The summed E-state index contributed by atoms with van der Waals surface area (Å²) in [6, 6.07) is 15.1. The number of amides is 1. The first kappa shape index (κ1) is 24.3. The van der Waals surface area contributed by atoms with Gasteiger partial charge in [0.1, 0.15) is 12.2 Å². The molecule has 10 heteroatoms. The molecule has 0 atom stereocenters. The van der Waals surface area contributed by atoms with Gasteiger partial charge in [0, 0.05) is 22.4 Å². The Balaban J connectivity index is 2.03. The number of ketones is 1. The SMILES string of the molecule is CCC(=O)c1c(-c2ccccc2)c2cc(Cl)ccc2c(=O)n1Cc1cc(C(N)=O)n(CC(F)F)n1. The maximum Gasteiger partial charge on any atom is 0.266 e. The molecule has 0 unspecified atom stereocenters. The van der Waals surface area contributed by atoms with E-state index in [0.717, 1.165) is 4.68 Å². The summed E-state index contributed by atoms with van der Waals surface area (Å²) in [7, 11) is 0. The number of primary amides is 1. The highest BCUT2D eigenvalue weighted by molar-refractivity contribution is 6.31. The van der Waals surface area contributed by atoms with E-state index in [2.05, 4.69) is 5.10 Å². The molecule has 0 bridgehead atoms. The van der Waals surface area contributed by atoms with Crippen LogP contribution < -0.4 is 11.3 Å². The largest absolute Gasteiger partial charge is 0.364 e. The fourth-order valence-corrected chi connectivity index (χ4v) is 4.27. The Hall–Kier alpha value is -3.85. The molecule has 0 aliphatic carbocycles. The number of nitrogens with zero attached hydrogens (tertiary/aromatic N) is 3. The summed E-state index contributed by atoms with van der Waals surface area (Å²) < 4.78 is 28.1. The molecule has 0 saturated heterocycles. The fraction of sp³-hybridized carbons (Fsp3) is 0.200. The molecule has 0 radical (unpaired) electrons. The minimum Gasteiger partial charge on any atom is -0.364 e. The van der Waals surface area contributed by atoms with Crippen molar-refractivity contribution < 1.29 is 18.4 Å². The van der Waals surface area contributed by atoms with Crippen LogP contribution in [-0.4, -0.2) is 32.5 Å². The number of alkyl halides is 2. The molecule has 2 heterocycles. The summed E-state index contributed by atoms with van der Waals surface area (Å²) in [4.78, 5) is 38.6. The number of halogens is 3. The minimum absolute atomic E-state index is 0.109. The van der Waals surface area contributed by atoms with Crippen molar-refractivity contribution in [3.8, 4) is 11.1 Å². The van der Waals surface area contributed by atoms with Crippen LogP contribution in [0.5, 0.6) is 0 Å². The van der Waals surface area contributed by atoms with Gasteiger partial charge in [-0.25, -0.2) is 8.78 Å². The van der Waals surface area contributed by atoms with E-state index < -0.39 is 24.4 Å². The Kier molecular flexibility index (Phi) is 6.79. The van der Waals surface area contributed by atoms with Gasteiger partial charge in [-0.2, -0.15) is 5.10 Å². The molecule has 0 spiro atoms. The van der Waals surface area contributed by atoms with Gasteiger partial charge >= 0.3 is 0 Å². The summed E-state index contributed by atoms with van der Waals surface area (Å²) in [6.45, 7) is 0.616. The molecular formula is C25H21ClF2N4O3. The van der Waals surface area contributed by atoms with Crippen molar-refractivity contribution >= 4 is 34.1 Å². The third kappa shape index (κ3) is 4.72. The van der Waals surface area contributed by atoms with Crippen LogP contribution >= 0.6 is 11.6 Å². The number of fused-ring (bicyclic) bond motifs is 1. The van der Waals surface area contributed by atoms with Crippen molar-refractivity contribution in [2.45, 2.75) is 32.9 Å². The molecule has 2 aromatic carbocycles. The van der Waals surface area contributed by atoms with Gasteiger partial charge in [-0.05, 0) is 35.2 Å². The van der Waals surface area contributed by atoms with E-state index in [1.807, 2.05) is 30.3 Å². The van der Waals surface area contributed by atoms with Crippen LogP contribution in [0.2, 0.25) is 5.02 Å². The second-order valence-corrected chi connectivity index (χ2v) is 8.34. The molecule has 0 aliphatic heterocycles. The van der Waals surface area contributed by atoms with Crippen LogP contribution in [0.25, 0.3) is 21.9 Å². The molecule has 2 aromatic heterocycles. The topological polar surface area (TPSA) is 100.0 Å². The number of pyridine rings is 1. The van der Waals surface area contributed by atoms with Crippen LogP contribution in [0, 0.1) is 0 Å². The highest BCUT2D eigenvalue weighted by Gasteiger charge is 2.24. The van der Waals surface area contributed by atoms with Crippen LogP contribution in [0.4, 0.5) is 8.78 Å². The number of benzene rings is 2. The molecule has 180 valence electrons. The summed E-state index contributed by atoms with van der Waals surface area (Å²) in [6.07, 6.45) is -2.66. The van der Waals surface area contributed by atoms with Crippen LogP contribution in [0.1, 0.15) is 40.0 Å². The molecule has 4 aromatic rings. The number of hydrogen-bond acceptors (Lipinski definition) is 4. The normalized spacial score (nSPS) is 11.3. The smallest absolute Gasteiger partial charge is 0.266 e. The Morgan fingerprint density at radius 1 is 1.09 bits per heavy atom. The van der Waals surface area contributed by atoms with E-state index >= 15 is 0 Å². The first-order valence-corrected chi connectivity index (χ1v) is 11.2. The number of carbonyl (C=O) groups is 2. The molecule has 0 aliphatic rings. The predicted octanol–water partition coefficient (Wildman–Crippen LogP) is 4.52. The van der Waals surface area contributed by atoms with Crippen LogP contribution in [0.3, 0.4) is 0 Å². The Morgan fingerprint density at radius 3 is 2.43 bits per heavy atom. The monoisotopic (exact) mass is 498 g/mol. The van der Waals surface area contributed by atoms with Gasteiger partial charge < -0.3 is 5.73 Å². The molecule has 2 N–H and O–H groups in total. The maximum absolute atomic E-state index is 13.6. The zero-order valence-corrected chi connectivity index (χ0v) is 19.4. The van der Waals surface area contributed by atoms with Crippen molar-refractivity contribution in [1.29, 1.82) is 0 Å². The van der Waals surface area contributed by atoms with Crippen molar-refractivity contribution in [2.75, 3.05) is 0 Å². The van der Waals surface area contributed by atoms with Crippen molar-refractivity contribution in [2.24, 2.45) is 5.73 Å². The van der Waals surface area contributed by atoms with Crippen LogP contribution in [0.15, 0.2) is 59.4 Å². The number of rotatable bonds is 8. The average Bonchev–Trinajstić information content (AvgIpc) is 3.22. The standard InChI is InChI=1S/C25H21ClF2N4O3/c1-2-20(33)23-22(14-6-4-3-5-7-14)18-10-15(26)8-9-17(18)25(35)31(23)12-16-11-19(24(29)34)32(30-16)13-21(27)28/h3-11,21H,2,12-13H2,1H3,(H2,29,34). The predicted molar refractivity (Wildman–Crippen MR) is 129 cm³/mol. The van der Waals surface area contributed by atoms with Gasteiger partial charge in [0.2, 0.25) is 0 Å². The lowest BCUT2D eigenvalue weighted by atomic mass is 9.94. The zero-order valence-electron chi connectivity index (χ0n) is 18.7. The second-order valence-electron chi connectivity index (χ2n) is 7.91. The number of nitrogens with two attached hydrogens (primary N) is 1. The number of Topliss-reactive ketones (excluding diaryl/α,β-unsaturated/α-hetero) is 1. The molecule has 7 nitrogen and oxygen atoms in total. The molecule has 35 heavy (non-hydrogen) atoms. The van der Waals surface area contributed by atoms with Crippen molar-refractivity contribution in [1.82, 2.24) is 14.3 Å². The van der Waals surface area contributed by atoms with Crippen molar-refractivity contribution in [3.63, 3.8) is 0 Å². The minimum atomic E-state index is -2.77. The molecule has 0 saturated carbocycles. The summed E-state index contributed by atoms with van der Waals surface area (Å²) in [5, 5.41) is 5.31. The first-order chi connectivity index (χ1) is 16.7. The summed E-state index contributed by atoms with van der Waals surface area (Å²) in [5.41, 5.74) is 6.15. The van der Waals surface area contributed by atoms with E-state index in [-0.39, 0.29) is 35.8 Å². The lowest BCUT2D eigenvalue weighted by molar-refractivity contribution is 0.0963. The molecule has 4 rings (SSSR count). The third-order valence-corrected chi connectivity index (χ3v) is 5.83. The quantitative estimate of drug-likeness (QED) is 0.361. The second kappa shape index (κ2) is 9.79. The van der Waals surface area contributed by atoms with Crippen molar-refractivity contribution in [3.05, 3.63) is 87.1 Å². The lowest BCUT2D eigenvalue weighted by Crippen LogP contribution is -2.28. The Labute approximate surface area is 203 Å². The molecule has 1 amide bonds.